The molecular weight excluding hydrogens is 628 g/mol. The van der Waals surface area contributed by atoms with Crippen LogP contribution in [-0.2, 0) is 62.0 Å². The molecule has 0 aliphatic heterocycles. The molecule has 0 amide bonds. The second-order valence-electron chi connectivity index (χ2n) is 3.59. The Hall–Kier alpha value is 1.45. The summed E-state index contributed by atoms with van der Waals surface area (Å²) < 4.78 is 37.5. The van der Waals surface area contributed by atoms with Crippen molar-refractivity contribution in [1.29, 1.82) is 0 Å². The quantitative estimate of drug-likeness (QED) is 0.220. The van der Waals surface area contributed by atoms with Gasteiger partial charge < -0.3 is 0 Å². The fourth-order valence-corrected chi connectivity index (χ4v) is 1.77. The first-order valence-corrected chi connectivity index (χ1v) is 13.1. The van der Waals surface area contributed by atoms with Crippen molar-refractivity contribution in [3.63, 3.8) is 0 Å². The monoisotopic (exact) mass is 652 g/mol. The smallest absolute Gasteiger partial charge is 0 e. The van der Waals surface area contributed by atoms with Crippen LogP contribution in [0.5, 0.6) is 0 Å². The van der Waals surface area contributed by atoms with Crippen LogP contribution in [0.25, 0.3) is 0 Å². The maximum absolute atomic E-state index is 7.50. The molecule has 0 unspecified atom stereocenters. The molecule has 4 radical (unpaired) electrons. The van der Waals surface area contributed by atoms with Crippen molar-refractivity contribution in [2.75, 3.05) is 0 Å². The molecule has 2 rings (SSSR count). The van der Waals surface area contributed by atoms with Crippen molar-refractivity contribution in [2.24, 2.45) is 0 Å². The van der Waals surface area contributed by atoms with Gasteiger partial charge in [-0.25, -0.2) is 0 Å². The van der Waals surface area contributed by atoms with Gasteiger partial charge in [-0.1, -0.05) is 64.2 Å². The van der Waals surface area contributed by atoms with Crippen molar-refractivity contribution in [1.82, 2.24) is 0 Å². The molecule has 10 heteroatoms. The van der Waals surface area contributed by atoms with E-state index in [1.165, 1.54) is 64.2 Å². The van der Waals surface area contributed by atoms with Gasteiger partial charge in [0.15, 0.2) is 0 Å². The van der Waals surface area contributed by atoms with Crippen molar-refractivity contribution in [3.05, 3.63) is 33.3 Å². The fourth-order valence-electron chi connectivity index (χ4n) is 1.77. The molecule has 2 aliphatic carbocycles. The van der Waals surface area contributed by atoms with Crippen LogP contribution in [0.1, 0.15) is 64.2 Å². The zero-order valence-electron chi connectivity index (χ0n) is 13.5. The topological polar surface area (TPSA) is 99.5 Å². The van der Waals surface area contributed by atoms with Gasteiger partial charge in [-0.3, -0.25) is 0 Å². The molecule has 0 bridgehead atoms. The van der Waals surface area contributed by atoms with Gasteiger partial charge in [-0.15, -0.1) is 0 Å². The molecule has 2 saturated carbocycles. The molecular formula is C15H20CoMnMoO5Se2. The summed E-state index contributed by atoms with van der Waals surface area (Å²) in [4.78, 5) is 0. The van der Waals surface area contributed by atoms with E-state index in [1.54, 1.807) is 0 Å². The third-order valence-electron chi connectivity index (χ3n) is 2.50. The van der Waals surface area contributed by atoms with Crippen LogP contribution in [-0.4, -0.2) is 34.1 Å². The van der Waals surface area contributed by atoms with Crippen LogP contribution >= 0.6 is 0 Å². The molecule has 25 heavy (non-hydrogen) atoms. The third kappa shape index (κ3) is 107. The predicted molar refractivity (Wildman–Crippen MR) is 77.3 cm³/mol. The van der Waals surface area contributed by atoms with Gasteiger partial charge in [0.1, 0.15) is 0 Å². The molecule has 0 aromatic carbocycles. The van der Waals surface area contributed by atoms with Crippen LogP contribution in [0.4, 0.5) is 0 Å². The summed E-state index contributed by atoms with van der Waals surface area (Å²) in [5.41, 5.74) is 0. The molecule has 0 heterocycles. The normalized spacial score (nSPS) is 10.5. The van der Waals surface area contributed by atoms with Crippen molar-refractivity contribution >= 4 is 34.1 Å². The number of hydrogen-bond acceptors (Lipinski definition) is 0. The Bertz CT molecular complexity index is 249. The molecule has 0 aromatic rings. The fraction of sp³-hybridized carbons (Fsp3) is 0.667. The molecule has 0 atom stereocenters. The standard InChI is InChI=1S/2C5H10.5CO.Co.Mn.Mo.2Se/c2*1-2-4-5-3-1;5*1-2;;;;;/h2*1-5H2;;;;;;;;;;. The summed E-state index contributed by atoms with van der Waals surface area (Å²) >= 11 is 6.98. The molecule has 5 nitrogen and oxygen atoms in total. The van der Waals surface area contributed by atoms with Gasteiger partial charge in [0, 0.05) is 34.1 Å². The van der Waals surface area contributed by atoms with Crippen molar-refractivity contribution < 1.29 is 62.0 Å². The molecule has 0 saturated heterocycles. The first-order chi connectivity index (χ1) is 11.4. The minimum absolute atomic E-state index is 0. The van der Waals surface area contributed by atoms with Crippen LogP contribution in [0.3, 0.4) is 0 Å². The SMILES string of the molecule is C1CCCC1.C1CCCC1.[C-]#[O+].[C-]#[O+].[C-]#[O+].[C-]#[O+].[C-]#[O+].[Mn]=[Mo]=[Co].[Se].[Se]. The summed E-state index contributed by atoms with van der Waals surface area (Å²) in [6, 6.07) is 0. The van der Waals surface area contributed by atoms with Crippen LogP contribution in [0.15, 0.2) is 0 Å². The summed E-state index contributed by atoms with van der Waals surface area (Å²) in [6.07, 6.45) is 15.0. The minimum atomic E-state index is -0.0300. The van der Waals surface area contributed by atoms with E-state index in [0.29, 0.717) is 0 Å². The van der Waals surface area contributed by atoms with Crippen LogP contribution in [0, 0.1) is 33.3 Å². The van der Waals surface area contributed by atoms with E-state index in [2.05, 4.69) is 58.6 Å². The predicted octanol–water partition coefficient (Wildman–Crippen LogP) is 2.94. The maximum atomic E-state index is 7.50. The van der Waals surface area contributed by atoms with Gasteiger partial charge in [0.25, 0.3) is 0 Å². The summed E-state index contributed by atoms with van der Waals surface area (Å²) in [5.74, 6) is 0. The molecule has 0 aromatic heterocycles. The van der Waals surface area contributed by atoms with E-state index in [-0.39, 0.29) is 47.5 Å². The van der Waals surface area contributed by atoms with Crippen molar-refractivity contribution in [3.8, 4) is 0 Å². The van der Waals surface area contributed by atoms with Gasteiger partial charge in [0.2, 0.25) is 0 Å². The Labute approximate surface area is 192 Å². The van der Waals surface area contributed by atoms with E-state index >= 15 is 0 Å². The largest absolute Gasteiger partial charge is 0 e. The third-order valence-corrected chi connectivity index (χ3v) is 2.50. The Morgan fingerprint density at radius 2 is 0.520 bits per heavy atom. The molecule has 0 spiro atoms. The number of rotatable bonds is 0. The average molecular weight is 648 g/mol. The first kappa shape index (κ1) is 50.3. The van der Waals surface area contributed by atoms with E-state index < -0.39 is 0 Å². The minimum Gasteiger partial charge on any atom is 0 e. The van der Waals surface area contributed by atoms with E-state index in [4.69, 9.17) is 23.3 Å². The van der Waals surface area contributed by atoms with Gasteiger partial charge in [-0.2, -0.15) is 0 Å². The first-order valence-electron chi connectivity index (χ1n) is 6.31. The summed E-state index contributed by atoms with van der Waals surface area (Å²) in [5, 5.41) is 0. The Morgan fingerprint density at radius 1 is 0.480 bits per heavy atom. The Kier molecular flexibility index (Phi) is 198. The summed E-state index contributed by atoms with van der Waals surface area (Å²) in [6.45, 7) is 22.5. The molecule has 2 aliphatic rings. The van der Waals surface area contributed by atoms with Crippen LogP contribution < -0.4 is 0 Å². The zero-order valence-corrected chi connectivity index (χ0v) is 21.2. The van der Waals surface area contributed by atoms with Gasteiger partial charge in [-0.05, 0) is 0 Å². The summed E-state index contributed by atoms with van der Waals surface area (Å²) in [7, 11) is 0. The Balaban J connectivity index is -0.0000000229. The van der Waals surface area contributed by atoms with Gasteiger partial charge in [0.05, 0.1) is 0 Å². The van der Waals surface area contributed by atoms with Gasteiger partial charge >= 0.3 is 95.2 Å². The molecule has 144 valence electrons. The van der Waals surface area contributed by atoms with Crippen molar-refractivity contribution in [2.45, 2.75) is 64.2 Å². The van der Waals surface area contributed by atoms with E-state index in [0.717, 1.165) is 0 Å². The maximum Gasteiger partial charge on any atom is 0 e. The average Bonchev–Trinajstić information content (AvgIpc) is 3.42. The van der Waals surface area contributed by atoms with E-state index in [1.807, 2.05) is 0 Å². The van der Waals surface area contributed by atoms with Crippen LogP contribution in [0.2, 0.25) is 0 Å². The molecule has 0 N–H and O–H groups in total. The Morgan fingerprint density at radius 3 is 0.560 bits per heavy atom. The second-order valence-corrected chi connectivity index (χ2v) is 8.71. The molecule has 2 fully saturated rings. The van der Waals surface area contributed by atoms with E-state index in [9.17, 15) is 0 Å². The number of hydrogen-bond donors (Lipinski definition) is 0. The zero-order chi connectivity index (χ0) is 19.8. The second kappa shape index (κ2) is 98.1.